The van der Waals surface area contributed by atoms with Crippen molar-refractivity contribution >= 4 is 17.3 Å². The summed E-state index contributed by atoms with van der Waals surface area (Å²) in [6, 6.07) is 15.4. The van der Waals surface area contributed by atoms with Crippen LogP contribution in [0.3, 0.4) is 0 Å². The molecule has 4 rings (SSSR count). The van der Waals surface area contributed by atoms with Gasteiger partial charge in [0, 0.05) is 18.8 Å². The Bertz CT molecular complexity index is 975. The Balaban J connectivity index is 1.55. The van der Waals surface area contributed by atoms with Crippen LogP contribution in [0.2, 0.25) is 0 Å². The van der Waals surface area contributed by atoms with E-state index >= 15 is 0 Å². The zero-order valence-corrected chi connectivity index (χ0v) is 15.7. The number of pyridine rings is 1. The highest BCUT2D eigenvalue weighted by atomic mass is 16.2. The average molecular weight is 376 g/mol. The molecular weight excluding hydrogens is 352 g/mol. The second-order valence-electron chi connectivity index (χ2n) is 7.22. The molecule has 6 nitrogen and oxygen atoms in total. The lowest BCUT2D eigenvalue weighted by atomic mass is 9.95. The third-order valence-electron chi connectivity index (χ3n) is 5.20. The van der Waals surface area contributed by atoms with Gasteiger partial charge < -0.3 is 10.6 Å². The number of benzene rings is 1. The molecule has 0 saturated heterocycles. The molecule has 1 aliphatic carbocycles. The minimum absolute atomic E-state index is 0.188. The molecule has 2 aromatic heterocycles. The number of amides is 2. The van der Waals surface area contributed by atoms with Crippen LogP contribution >= 0.6 is 0 Å². The van der Waals surface area contributed by atoms with Gasteiger partial charge in [0.05, 0.1) is 5.52 Å². The van der Waals surface area contributed by atoms with Gasteiger partial charge in [0.1, 0.15) is 0 Å². The van der Waals surface area contributed by atoms with Crippen LogP contribution in [-0.4, -0.2) is 27.2 Å². The van der Waals surface area contributed by atoms with Gasteiger partial charge in [0.2, 0.25) is 5.82 Å². The molecule has 2 heterocycles. The van der Waals surface area contributed by atoms with Crippen LogP contribution < -0.4 is 10.6 Å². The quantitative estimate of drug-likeness (QED) is 0.717. The van der Waals surface area contributed by atoms with Gasteiger partial charge in [-0.05, 0) is 30.5 Å². The summed E-state index contributed by atoms with van der Waals surface area (Å²) in [7, 11) is 0. The fourth-order valence-corrected chi connectivity index (χ4v) is 3.72. The minimum atomic E-state index is -0.288. The molecule has 1 aromatic carbocycles. The normalized spacial score (nSPS) is 14.7. The van der Waals surface area contributed by atoms with E-state index in [9.17, 15) is 9.59 Å². The van der Waals surface area contributed by atoms with E-state index in [1.54, 1.807) is 10.6 Å². The molecule has 2 N–H and O–H groups in total. The van der Waals surface area contributed by atoms with E-state index in [0.29, 0.717) is 12.1 Å². The molecule has 0 bridgehead atoms. The molecule has 1 fully saturated rings. The monoisotopic (exact) mass is 376 g/mol. The second kappa shape index (κ2) is 8.25. The Morgan fingerprint density at radius 1 is 0.964 bits per heavy atom. The Labute approximate surface area is 164 Å². The number of nitrogens with one attached hydrogen (secondary N) is 2. The Kier molecular flexibility index (Phi) is 5.37. The molecule has 144 valence electrons. The number of hydrogen-bond donors (Lipinski definition) is 2. The van der Waals surface area contributed by atoms with E-state index in [4.69, 9.17) is 0 Å². The second-order valence-corrected chi connectivity index (χ2v) is 7.22. The summed E-state index contributed by atoms with van der Waals surface area (Å²) in [6.45, 7) is 0.412. The van der Waals surface area contributed by atoms with Gasteiger partial charge >= 0.3 is 0 Å². The third-order valence-corrected chi connectivity index (χ3v) is 5.20. The van der Waals surface area contributed by atoms with Crippen molar-refractivity contribution in [1.82, 2.24) is 20.0 Å². The van der Waals surface area contributed by atoms with Crippen LogP contribution in [0, 0.1) is 0 Å². The highest BCUT2D eigenvalue weighted by molar-refractivity contribution is 6.02. The average Bonchev–Trinajstić information content (AvgIpc) is 3.13. The Morgan fingerprint density at radius 2 is 1.71 bits per heavy atom. The molecule has 3 aromatic rings. The lowest BCUT2D eigenvalue weighted by Gasteiger charge is -2.22. The van der Waals surface area contributed by atoms with Gasteiger partial charge in [-0.1, -0.05) is 55.7 Å². The summed E-state index contributed by atoms with van der Waals surface area (Å²) < 4.78 is 1.69. The van der Waals surface area contributed by atoms with E-state index in [1.807, 2.05) is 48.5 Å². The van der Waals surface area contributed by atoms with Crippen LogP contribution in [0.25, 0.3) is 5.52 Å². The first kappa shape index (κ1) is 18.2. The van der Waals surface area contributed by atoms with Crippen molar-refractivity contribution in [2.75, 3.05) is 0 Å². The Morgan fingerprint density at radius 3 is 2.50 bits per heavy atom. The number of hydrogen-bond acceptors (Lipinski definition) is 3. The number of aromatic nitrogens is 2. The molecular formula is C22H24N4O2. The summed E-state index contributed by atoms with van der Waals surface area (Å²) in [5.74, 6) is -0.259. The number of fused-ring (bicyclic) bond motifs is 1. The highest BCUT2D eigenvalue weighted by Crippen LogP contribution is 2.19. The van der Waals surface area contributed by atoms with Gasteiger partial charge in [-0.25, -0.2) is 4.98 Å². The molecule has 0 radical (unpaired) electrons. The highest BCUT2D eigenvalue weighted by Gasteiger charge is 2.23. The lowest BCUT2D eigenvalue weighted by molar-refractivity contribution is 0.0916. The number of nitrogens with zero attached hydrogens (tertiary/aromatic N) is 2. The van der Waals surface area contributed by atoms with Crippen molar-refractivity contribution < 1.29 is 9.59 Å². The van der Waals surface area contributed by atoms with Crippen LogP contribution in [0.1, 0.15) is 58.8 Å². The summed E-state index contributed by atoms with van der Waals surface area (Å²) in [4.78, 5) is 30.0. The first-order valence-electron chi connectivity index (χ1n) is 9.82. The van der Waals surface area contributed by atoms with E-state index in [2.05, 4.69) is 15.6 Å². The predicted molar refractivity (Wildman–Crippen MR) is 107 cm³/mol. The fraction of sp³-hybridized carbons (Fsp3) is 0.318. The van der Waals surface area contributed by atoms with Crippen molar-refractivity contribution in [1.29, 1.82) is 0 Å². The fourth-order valence-electron chi connectivity index (χ4n) is 3.72. The zero-order chi connectivity index (χ0) is 19.3. The smallest absolute Gasteiger partial charge is 0.287 e. The van der Waals surface area contributed by atoms with Gasteiger partial charge in [-0.15, -0.1) is 0 Å². The largest absolute Gasteiger partial charge is 0.347 e. The topological polar surface area (TPSA) is 75.5 Å². The van der Waals surface area contributed by atoms with Crippen molar-refractivity contribution in [3.63, 3.8) is 0 Å². The number of imidazole rings is 1. The van der Waals surface area contributed by atoms with Crippen molar-refractivity contribution in [3.05, 3.63) is 71.8 Å². The molecule has 28 heavy (non-hydrogen) atoms. The van der Waals surface area contributed by atoms with Crippen molar-refractivity contribution in [2.45, 2.75) is 44.7 Å². The lowest BCUT2D eigenvalue weighted by Crippen LogP contribution is -2.37. The van der Waals surface area contributed by atoms with E-state index < -0.39 is 0 Å². The van der Waals surface area contributed by atoms with Crippen LogP contribution in [-0.2, 0) is 6.54 Å². The van der Waals surface area contributed by atoms with Crippen molar-refractivity contribution in [3.8, 4) is 0 Å². The maximum absolute atomic E-state index is 12.8. The van der Waals surface area contributed by atoms with Crippen LogP contribution in [0.4, 0.5) is 0 Å². The van der Waals surface area contributed by atoms with E-state index in [-0.39, 0.29) is 29.4 Å². The van der Waals surface area contributed by atoms with E-state index in [1.165, 1.54) is 6.42 Å². The summed E-state index contributed by atoms with van der Waals surface area (Å²) in [5.41, 5.74) is 1.90. The molecule has 0 unspecified atom stereocenters. The molecule has 1 saturated carbocycles. The summed E-state index contributed by atoms with van der Waals surface area (Å²) in [6.07, 6.45) is 7.27. The first-order chi connectivity index (χ1) is 13.7. The zero-order valence-electron chi connectivity index (χ0n) is 15.7. The molecule has 0 spiro atoms. The maximum atomic E-state index is 12.8. The maximum Gasteiger partial charge on any atom is 0.287 e. The molecule has 1 aliphatic rings. The van der Waals surface area contributed by atoms with Gasteiger partial charge in [0.15, 0.2) is 5.69 Å². The number of carbonyl (C=O) groups excluding carboxylic acids is 2. The SMILES string of the molecule is O=C(NCc1ccccc1)c1nc(C(=O)NC2CCCCC2)n2ccccc12. The summed E-state index contributed by atoms with van der Waals surface area (Å²) in [5, 5.41) is 5.98. The minimum Gasteiger partial charge on any atom is -0.347 e. The molecule has 0 atom stereocenters. The standard InChI is InChI=1S/C22H24N4O2/c27-21(23-15-16-9-3-1-4-10-16)19-18-13-7-8-14-26(18)20(25-19)22(28)24-17-11-5-2-6-12-17/h1,3-4,7-10,13-14,17H,2,5-6,11-12,15H2,(H,23,27)(H,24,28). The molecule has 0 aliphatic heterocycles. The number of rotatable bonds is 5. The van der Waals surface area contributed by atoms with Gasteiger partial charge in [0.25, 0.3) is 11.8 Å². The Hall–Kier alpha value is -3.15. The van der Waals surface area contributed by atoms with E-state index in [0.717, 1.165) is 31.2 Å². The molecule has 2 amide bonds. The van der Waals surface area contributed by atoms with Crippen LogP contribution in [0.15, 0.2) is 54.7 Å². The van der Waals surface area contributed by atoms with Crippen molar-refractivity contribution in [2.24, 2.45) is 0 Å². The predicted octanol–water partition coefficient (Wildman–Crippen LogP) is 3.33. The van der Waals surface area contributed by atoms with Crippen LogP contribution in [0.5, 0.6) is 0 Å². The first-order valence-corrected chi connectivity index (χ1v) is 9.82. The van der Waals surface area contributed by atoms with Gasteiger partial charge in [-0.2, -0.15) is 0 Å². The van der Waals surface area contributed by atoms with Gasteiger partial charge in [-0.3, -0.25) is 14.0 Å². The third kappa shape index (κ3) is 3.91. The summed E-state index contributed by atoms with van der Waals surface area (Å²) >= 11 is 0. The number of carbonyl (C=O) groups is 2. The molecule has 6 heteroatoms.